The molecule has 0 atom stereocenters. The van der Waals surface area contributed by atoms with Crippen LogP contribution in [0.25, 0.3) is 0 Å². The molecule has 2 N–H and O–H groups in total. The number of nitrogens with zero attached hydrogens (tertiary/aromatic N) is 2. The van der Waals surface area contributed by atoms with Crippen LogP contribution >= 0.6 is 0 Å². The van der Waals surface area contributed by atoms with Crippen LogP contribution in [0.1, 0.15) is 22.8 Å². The molecular formula is C25H22N4O8. The smallest absolute Gasteiger partial charge is 0.343 e. The second-order valence-electron chi connectivity index (χ2n) is 7.35. The highest BCUT2D eigenvalue weighted by atomic mass is 16.6. The monoisotopic (exact) mass is 506 g/mol. The summed E-state index contributed by atoms with van der Waals surface area (Å²) in [4.78, 5) is 47.0. The fraction of sp³-hybridized carbons (Fsp3) is 0.120. The molecule has 3 rings (SSSR count). The van der Waals surface area contributed by atoms with Crippen LogP contribution in [0.4, 0.5) is 11.4 Å². The van der Waals surface area contributed by atoms with Gasteiger partial charge in [0.25, 0.3) is 5.69 Å². The van der Waals surface area contributed by atoms with Crippen LogP contribution in [0.3, 0.4) is 0 Å². The molecule has 0 aliphatic carbocycles. The number of carbonyl (C=O) groups is 3. The number of nitrogens with one attached hydrogen (secondary N) is 2. The lowest BCUT2D eigenvalue weighted by molar-refractivity contribution is -0.384. The molecule has 0 unspecified atom stereocenters. The van der Waals surface area contributed by atoms with E-state index in [1.807, 2.05) is 0 Å². The summed E-state index contributed by atoms with van der Waals surface area (Å²) in [6.45, 7) is 1.59. The standard InChI is InChI=1S/C25H22N4O8/c1-15(27-28-24(31)23(30)26-19-6-4-5-7-20(19)35-2)17-10-13-21(22(14-17)36-3)37-25(32)16-8-11-18(12-9-16)29(33)34/h4-14H,1-3H3,(H,26,30)(H,28,31). The molecule has 0 radical (unpaired) electrons. The van der Waals surface area contributed by atoms with Crippen molar-refractivity contribution < 1.29 is 33.5 Å². The average Bonchev–Trinajstić information content (AvgIpc) is 2.91. The van der Waals surface area contributed by atoms with E-state index in [0.717, 1.165) is 0 Å². The van der Waals surface area contributed by atoms with E-state index >= 15 is 0 Å². The van der Waals surface area contributed by atoms with Crippen molar-refractivity contribution in [1.29, 1.82) is 0 Å². The molecule has 3 aromatic rings. The molecule has 0 aliphatic heterocycles. The number of ether oxygens (including phenoxy) is 3. The number of benzene rings is 3. The molecule has 190 valence electrons. The van der Waals surface area contributed by atoms with E-state index in [1.165, 1.54) is 50.6 Å². The molecule has 0 heterocycles. The summed E-state index contributed by atoms with van der Waals surface area (Å²) in [5, 5.41) is 17.2. The van der Waals surface area contributed by atoms with Crippen molar-refractivity contribution in [1.82, 2.24) is 5.43 Å². The van der Waals surface area contributed by atoms with Gasteiger partial charge in [-0.25, -0.2) is 10.2 Å². The first kappa shape index (κ1) is 26.3. The van der Waals surface area contributed by atoms with Gasteiger partial charge in [0.05, 0.1) is 36.1 Å². The molecular weight excluding hydrogens is 484 g/mol. The predicted octanol–water partition coefficient (Wildman–Crippen LogP) is 3.31. The number of amides is 2. The van der Waals surface area contributed by atoms with Gasteiger partial charge in [-0.15, -0.1) is 0 Å². The summed E-state index contributed by atoms with van der Waals surface area (Å²) in [6.07, 6.45) is 0. The maximum Gasteiger partial charge on any atom is 0.343 e. The fourth-order valence-corrected chi connectivity index (χ4v) is 3.03. The number of anilines is 1. The number of nitro benzene ring substituents is 1. The summed E-state index contributed by atoms with van der Waals surface area (Å²) >= 11 is 0. The lowest BCUT2D eigenvalue weighted by Gasteiger charge is -2.11. The number of rotatable bonds is 8. The highest BCUT2D eigenvalue weighted by molar-refractivity contribution is 6.39. The number of hydrazone groups is 1. The molecule has 37 heavy (non-hydrogen) atoms. The van der Waals surface area contributed by atoms with Crippen LogP contribution in [0.5, 0.6) is 17.2 Å². The summed E-state index contributed by atoms with van der Waals surface area (Å²) in [6, 6.07) is 16.1. The van der Waals surface area contributed by atoms with Crippen molar-refractivity contribution in [3.8, 4) is 17.2 Å². The van der Waals surface area contributed by atoms with E-state index in [0.29, 0.717) is 22.7 Å². The third-order valence-corrected chi connectivity index (χ3v) is 4.98. The van der Waals surface area contributed by atoms with Crippen LogP contribution in [0.2, 0.25) is 0 Å². The molecule has 0 bridgehead atoms. The SMILES string of the molecule is COc1ccccc1NC(=O)C(=O)NN=C(C)c1ccc(OC(=O)c2ccc([N+](=O)[O-])cc2)c(OC)c1. The van der Waals surface area contributed by atoms with Gasteiger partial charge in [0.15, 0.2) is 11.5 Å². The number of non-ortho nitro benzene ring substituents is 1. The fourth-order valence-electron chi connectivity index (χ4n) is 3.03. The Hall–Kier alpha value is -5.26. The Bertz CT molecular complexity index is 1370. The minimum atomic E-state index is -0.995. The average molecular weight is 506 g/mol. The Labute approximate surface area is 211 Å². The van der Waals surface area contributed by atoms with E-state index in [2.05, 4.69) is 15.8 Å². The highest BCUT2D eigenvalue weighted by Gasteiger charge is 2.17. The zero-order chi connectivity index (χ0) is 26.9. The predicted molar refractivity (Wildman–Crippen MR) is 133 cm³/mol. The minimum absolute atomic E-state index is 0.0997. The quantitative estimate of drug-likeness (QED) is 0.118. The Morgan fingerprint density at radius 3 is 2.14 bits per heavy atom. The van der Waals surface area contributed by atoms with E-state index < -0.39 is 22.7 Å². The minimum Gasteiger partial charge on any atom is -0.495 e. The Kier molecular flexibility index (Phi) is 8.49. The normalized spacial score (nSPS) is 10.7. The van der Waals surface area contributed by atoms with Crippen LogP contribution in [-0.4, -0.2) is 42.6 Å². The first-order valence-electron chi connectivity index (χ1n) is 10.7. The lowest BCUT2D eigenvalue weighted by Crippen LogP contribution is -2.33. The van der Waals surface area contributed by atoms with Gasteiger partial charge in [0.1, 0.15) is 5.75 Å². The van der Waals surface area contributed by atoms with Crippen molar-refractivity contribution in [2.75, 3.05) is 19.5 Å². The summed E-state index contributed by atoms with van der Waals surface area (Å²) in [5.74, 6) is -1.98. The van der Waals surface area contributed by atoms with Gasteiger partial charge >= 0.3 is 17.8 Å². The van der Waals surface area contributed by atoms with Gasteiger partial charge in [-0.3, -0.25) is 19.7 Å². The van der Waals surface area contributed by atoms with E-state index in [4.69, 9.17) is 14.2 Å². The zero-order valence-corrected chi connectivity index (χ0v) is 20.0. The number of hydrogen-bond donors (Lipinski definition) is 2. The lowest BCUT2D eigenvalue weighted by atomic mass is 10.1. The number of esters is 1. The molecule has 12 heteroatoms. The first-order valence-corrected chi connectivity index (χ1v) is 10.7. The maximum atomic E-state index is 12.4. The van der Waals surface area contributed by atoms with Crippen LogP contribution in [-0.2, 0) is 9.59 Å². The Morgan fingerprint density at radius 2 is 1.49 bits per heavy atom. The molecule has 0 saturated carbocycles. The van der Waals surface area contributed by atoms with Gasteiger partial charge < -0.3 is 19.5 Å². The van der Waals surface area contributed by atoms with Crippen molar-refractivity contribution in [2.45, 2.75) is 6.92 Å². The molecule has 0 aromatic heterocycles. The Morgan fingerprint density at radius 1 is 0.838 bits per heavy atom. The molecule has 3 aromatic carbocycles. The molecule has 2 amide bonds. The van der Waals surface area contributed by atoms with E-state index in [9.17, 15) is 24.5 Å². The van der Waals surface area contributed by atoms with Gasteiger partial charge in [0, 0.05) is 17.7 Å². The van der Waals surface area contributed by atoms with Gasteiger partial charge in [0.2, 0.25) is 0 Å². The van der Waals surface area contributed by atoms with Gasteiger partial charge in [-0.1, -0.05) is 12.1 Å². The number of para-hydroxylation sites is 2. The molecule has 0 fully saturated rings. The second-order valence-corrected chi connectivity index (χ2v) is 7.35. The molecule has 0 aliphatic rings. The first-order chi connectivity index (χ1) is 17.7. The second kappa shape index (κ2) is 11.9. The third kappa shape index (κ3) is 6.66. The largest absolute Gasteiger partial charge is 0.495 e. The van der Waals surface area contributed by atoms with Crippen molar-refractivity contribution in [2.24, 2.45) is 5.10 Å². The van der Waals surface area contributed by atoms with Crippen molar-refractivity contribution in [3.05, 3.63) is 88.0 Å². The third-order valence-electron chi connectivity index (χ3n) is 4.98. The van der Waals surface area contributed by atoms with Crippen LogP contribution in [0, 0.1) is 10.1 Å². The Balaban J connectivity index is 1.67. The molecule has 12 nitrogen and oxygen atoms in total. The van der Waals surface area contributed by atoms with E-state index in [-0.39, 0.29) is 22.7 Å². The number of carbonyl (C=O) groups excluding carboxylic acids is 3. The summed E-state index contributed by atoms with van der Waals surface area (Å²) in [5.41, 5.74) is 3.32. The zero-order valence-electron chi connectivity index (χ0n) is 20.0. The van der Waals surface area contributed by atoms with E-state index in [1.54, 1.807) is 37.3 Å². The van der Waals surface area contributed by atoms with Gasteiger partial charge in [-0.05, 0) is 49.4 Å². The molecule has 0 saturated heterocycles. The topological polar surface area (TPSA) is 158 Å². The molecule has 0 spiro atoms. The number of hydrogen-bond acceptors (Lipinski definition) is 9. The number of nitro groups is 1. The maximum absolute atomic E-state index is 12.4. The van der Waals surface area contributed by atoms with Crippen LogP contribution in [0.15, 0.2) is 71.8 Å². The van der Waals surface area contributed by atoms with Crippen molar-refractivity contribution in [3.63, 3.8) is 0 Å². The summed E-state index contributed by atoms with van der Waals surface area (Å²) in [7, 11) is 2.81. The summed E-state index contributed by atoms with van der Waals surface area (Å²) < 4.78 is 15.8. The number of methoxy groups -OCH3 is 2. The van der Waals surface area contributed by atoms with Crippen LogP contribution < -0.4 is 25.0 Å². The highest BCUT2D eigenvalue weighted by Crippen LogP contribution is 2.29. The van der Waals surface area contributed by atoms with Gasteiger partial charge in [-0.2, -0.15) is 5.10 Å². The van der Waals surface area contributed by atoms with Crippen molar-refractivity contribution >= 4 is 34.9 Å².